The monoisotopic (exact) mass is 606 g/mol. The Morgan fingerprint density at radius 2 is 1.24 bits per heavy atom. The molecule has 2 aromatic rings. The Morgan fingerprint density at radius 3 is 1.74 bits per heavy atom. The molecule has 2 N–H and O–H groups in total. The average molecular weight is 608 g/mol. The van der Waals surface area contributed by atoms with E-state index in [1.165, 1.54) is 0 Å². The number of hydrogen-bond donors (Lipinski definition) is 2. The van der Waals surface area contributed by atoms with E-state index in [1.807, 2.05) is 42.5 Å². The first-order chi connectivity index (χ1) is 18.5. The second kappa shape index (κ2) is 12.6. The van der Waals surface area contributed by atoms with Gasteiger partial charge >= 0.3 is 12.1 Å². The van der Waals surface area contributed by atoms with Crippen LogP contribution < -0.4 is 20.4 Å². The summed E-state index contributed by atoms with van der Waals surface area (Å²) in [5.74, 6) is 0. The molecule has 4 saturated heterocycles. The standard InChI is InChI=1S/C13H16BrN3O2.C13H16ClN3O2/c14-10-1-3-11(4-2-10)17-9-12(15-13(17)18)16-5-7-19-8-6-16;14-10-2-1-3-11(8-10)17-9-12(15-13(17)18)16-4-6-19-7-5-16/h1-4,12H,5-9H2,(H,15,18);1-3,8,12H,4-7,9H2,(H,15,18). The number of amides is 4. The molecule has 0 spiro atoms. The molecule has 0 aromatic heterocycles. The predicted octanol–water partition coefficient (Wildman–Crippen LogP) is 3.16. The number of benzene rings is 2. The molecule has 4 aliphatic rings. The summed E-state index contributed by atoms with van der Waals surface area (Å²) in [6, 6.07) is 15.1. The number of urea groups is 2. The molecule has 2 aromatic carbocycles. The van der Waals surface area contributed by atoms with Crippen molar-refractivity contribution < 1.29 is 19.1 Å². The van der Waals surface area contributed by atoms with E-state index in [4.69, 9.17) is 21.1 Å². The number of nitrogens with zero attached hydrogens (tertiary/aromatic N) is 4. The smallest absolute Gasteiger partial charge is 0.323 e. The van der Waals surface area contributed by atoms with Crippen molar-refractivity contribution in [3.05, 3.63) is 58.0 Å². The van der Waals surface area contributed by atoms with E-state index in [9.17, 15) is 9.59 Å². The summed E-state index contributed by atoms with van der Waals surface area (Å²) in [6.07, 6.45) is 0.135. The SMILES string of the molecule is O=C1NC(N2CCOCC2)CN1c1ccc(Br)cc1.O=C1NC(N2CCOCC2)CN1c1cccc(Cl)c1. The van der Waals surface area contributed by atoms with Crippen LogP contribution in [0.2, 0.25) is 5.02 Å². The van der Waals surface area contributed by atoms with Crippen molar-refractivity contribution in [2.45, 2.75) is 12.3 Å². The second-order valence-electron chi connectivity index (χ2n) is 9.40. The first kappa shape index (κ1) is 27.2. The second-order valence-corrected chi connectivity index (χ2v) is 10.8. The van der Waals surface area contributed by atoms with E-state index in [0.717, 1.165) is 68.5 Å². The summed E-state index contributed by atoms with van der Waals surface area (Å²) in [5, 5.41) is 6.68. The van der Waals surface area contributed by atoms with Crippen LogP contribution in [0.15, 0.2) is 53.0 Å². The summed E-state index contributed by atoms with van der Waals surface area (Å²) in [5.41, 5.74) is 1.76. The van der Waals surface area contributed by atoms with Crippen molar-refractivity contribution in [2.24, 2.45) is 0 Å². The zero-order valence-electron chi connectivity index (χ0n) is 21.0. The van der Waals surface area contributed by atoms with Crippen molar-refractivity contribution >= 4 is 51.0 Å². The first-order valence-corrected chi connectivity index (χ1v) is 14.0. The number of morpholine rings is 2. The van der Waals surface area contributed by atoms with E-state index in [-0.39, 0.29) is 24.4 Å². The lowest BCUT2D eigenvalue weighted by molar-refractivity contribution is 0.0172. The van der Waals surface area contributed by atoms with Crippen molar-refractivity contribution in [3.8, 4) is 0 Å². The predicted molar refractivity (Wildman–Crippen MR) is 150 cm³/mol. The third-order valence-electron chi connectivity index (χ3n) is 7.01. The van der Waals surface area contributed by atoms with Gasteiger partial charge in [-0.15, -0.1) is 0 Å². The van der Waals surface area contributed by atoms with Crippen LogP contribution >= 0.6 is 27.5 Å². The summed E-state index contributed by atoms with van der Waals surface area (Å²) >= 11 is 9.37. The molecule has 10 nitrogen and oxygen atoms in total. The first-order valence-electron chi connectivity index (χ1n) is 12.8. The lowest BCUT2D eigenvalue weighted by atomic mass is 10.3. The van der Waals surface area contributed by atoms with Crippen LogP contribution in [0.25, 0.3) is 0 Å². The van der Waals surface area contributed by atoms with E-state index in [0.29, 0.717) is 18.1 Å². The highest BCUT2D eigenvalue weighted by atomic mass is 79.9. The molecule has 4 fully saturated rings. The molecule has 4 amide bonds. The van der Waals surface area contributed by atoms with Gasteiger partial charge in [0.05, 0.1) is 39.5 Å². The fourth-order valence-corrected chi connectivity index (χ4v) is 5.39. The summed E-state index contributed by atoms with van der Waals surface area (Å²) in [4.78, 5) is 32.1. The summed E-state index contributed by atoms with van der Waals surface area (Å²) in [7, 11) is 0. The van der Waals surface area contributed by atoms with E-state index in [1.54, 1.807) is 15.9 Å². The fourth-order valence-electron chi connectivity index (χ4n) is 4.95. The van der Waals surface area contributed by atoms with E-state index in [2.05, 4.69) is 36.4 Å². The van der Waals surface area contributed by atoms with Crippen LogP contribution in [0.3, 0.4) is 0 Å². The van der Waals surface area contributed by atoms with Gasteiger partial charge in [0.1, 0.15) is 12.3 Å². The van der Waals surface area contributed by atoms with Gasteiger partial charge in [-0.05, 0) is 42.5 Å². The van der Waals surface area contributed by atoms with E-state index >= 15 is 0 Å². The van der Waals surface area contributed by atoms with Gasteiger partial charge in [-0.25, -0.2) is 9.59 Å². The number of carbonyl (C=O) groups excluding carboxylic acids is 2. The number of ether oxygens (including phenoxy) is 2. The molecule has 2 unspecified atom stereocenters. The molecular formula is C26H32BrClN6O4. The minimum Gasteiger partial charge on any atom is -0.379 e. The van der Waals surface area contributed by atoms with Gasteiger partial charge in [-0.3, -0.25) is 19.6 Å². The van der Waals surface area contributed by atoms with Crippen LogP contribution in [-0.2, 0) is 9.47 Å². The Morgan fingerprint density at radius 1 is 0.737 bits per heavy atom. The van der Waals surface area contributed by atoms with Crippen LogP contribution in [0.1, 0.15) is 0 Å². The molecule has 12 heteroatoms. The van der Waals surface area contributed by atoms with E-state index < -0.39 is 0 Å². The molecule has 38 heavy (non-hydrogen) atoms. The molecule has 0 bridgehead atoms. The Balaban J connectivity index is 0.000000155. The van der Waals surface area contributed by atoms with Crippen LogP contribution in [-0.4, -0.2) is 99.9 Å². The topological polar surface area (TPSA) is 89.6 Å². The number of carbonyl (C=O) groups is 2. The third-order valence-corrected chi connectivity index (χ3v) is 7.78. The molecule has 4 aliphatic heterocycles. The summed E-state index contributed by atoms with van der Waals surface area (Å²) < 4.78 is 11.7. The maximum Gasteiger partial charge on any atom is 0.323 e. The maximum absolute atomic E-state index is 12.1. The number of hydrogen-bond acceptors (Lipinski definition) is 6. The Bertz CT molecular complexity index is 1110. The highest BCUT2D eigenvalue weighted by Gasteiger charge is 2.35. The highest BCUT2D eigenvalue weighted by molar-refractivity contribution is 9.10. The summed E-state index contributed by atoms with van der Waals surface area (Å²) in [6.45, 7) is 7.71. The largest absolute Gasteiger partial charge is 0.379 e. The minimum atomic E-state index is -0.0706. The molecule has 0 saturated carbocycles. The van der Waals surface area contributed by atoms with Gasteiger partial charge in [0, 0.05) is 47.0 Å². The molecule has 6 rings (SSSR count). The zero-order chi connectivity index (χ0) is 26.5. The van der Waals surface area contributed by atoms with Crippen molar-refractivity contribution in [3.63, 3.8) is 0 Å². The fraction of sp³-hybridized carbons (Fsp3) is 0.462. The van der Waals surface area contributed by atoms with Crippen LogP contribution in [0.5, 0.6) is 0 Å². The van der Waals surface area contributed by atoms with Gasteiger partial charge in [-0.1, -0.05) is 33.6 Å². The van der Waals surface area contributed by atoms with Gasteiger partial charge in [0.25, 0.3) is 0 Å². The average Bonchev–Trinajstić information content (AvgIpc) is 3.53. The lowest BCUT2D eigenvalue weighted by Gasteiger charge is -2.31. The maximum atomic E-state index is 12.1. The Labute approximate surface area is 235 Å². The van der Waals surface area contributed by atoms with Crippen LogP contribution in [0, 0.1) is 0 Å². The molecule has 0 aliphatic carbocycles. The minimum absolute atomic E-state index is 0.0289. The van der Waals surface area contributed by atoms with Crippen molar-refractivity contribution in [2.75, 3.05) is 75.5 Å². The quantitative estimate of drug-likeness (QED) is 0.555. The lowest BCUT2D eigenvalue weighted by Crippen LogP contribution is -2.49. The number of halogens is 2. The molecule has 204 valence electrons. The molecule has 0 radical (unpaired) electrons. The van der Waals surface area contributed by atoms with Gasteiger partial charge in [0.2, 0.25) is 0 Å². The van der Waals surface area contributed by atoms with Gasteiger partial charge < -0.3 is 20.1 Å². The highest BCUT2D eigenvalue weighted by Crippen LogP contribution is 2.24. The van der Waals surface area contributed by atoms with Crippen molar-refractivity contribution in [1.82, 2.24) is 20.4 Å². The number of anilines is 2. The normalized spacial score (nSPS) is 24.6. The third kappa shape index (κ3) is 6.59. The van der Waals surface area contributed by atoms with Crippen molar-refractivity contribution in [1.29, 1.82) is 0 Å². The van der Waals surface area contributed by atoms with Crippen LogP contribution in [0.4, 0.5) is 21.0 Å². The molecule has 2 atom stereocenters. The number of nitrogens with one attached hydrogen (secondary N) is 2. The zero-order valence-corrected chi connectivity index (χ0v) is 23.4. The Hall–Kier alpha value is -2.41. The Kier molecular flexibility index (Phi) is 9.03. The number of rotatable bonds is 4. The molecule has 4 heterocycles. The molecular weight excluding hydrogens is 576 g/mol. The van der Waals surface area contributed by atoms with Gasteiger partial charge in [0.15, 0.2) is 0 Å². The van der Waals surface area contributed by atoms with Gasteiger partial charge in [-0.2, -0.15) is 0 Å².